The maximum atomic E-state index is 5.81. The van der Waals surface area contributed by atoms with Gasteiger partial charge in [-0.15, -0.1) is 0 Å². The molecule has 2 saturated heterocycles. The molecule has 0 spiro atoms. The van der Waals surface area contributed by atoms with Gasteiger partial charge in [0.2, 0.25) is 5.95 Å². The molecule has 6 nitrogen and oxygen atoms in total. The third-order valence-corrected chi connectivity index (χ3v) is 5.70. The molecule has 27 heavy (non-hydrogen) atoms. The van der Waals surface area contributed by atoms with Gasteiger partial charge in [-0.2, -0.15) is 4.98 Å². The molecule has 0 amide bonds. The zero-order chi connectivity index (χ0) is 18.6. The third-order valence-electron chi connectivity index (χ3n) is 5.70. The summed E-state index contributed by atoms with van der Waals surface area (Å²) in [4.78, 5) is 13.4. The van der Waals surface area contributed by atoms with Gasteiger partial charge >= 0.3 is 0 Å². The predicted molar refractivity (Wildman–Crippen MR) is 111 cm³/mol. The van der Waals surface area contributed by atoms with Crippen LogP contribution in [0.5, 0.6) is 0 Å². The molecule has 0 bridgehead atoms. The molecule has 2 aliphatic heterocycles. The minimum atomic E-state index is 0.365. The second kappa shape index (κ2) is 8.13. The molecule has 4 rings (SSSR count). The van der Waals surface area contributed by atoms with E-state index in [1.54, 1.807) is 0 Å². The Labute approximate surface area is 161 Å². The molecule has 0 saturated carbocycles. The highest BCUT2D eigenvalue weighted by molar-refractivity contribution is 5.54. The van der Waals surface area contributed by atoms with Crippen LogP contribution >= 0.6 is 0 Å². The molecule has 3 N–H and O–H groups in total. The van der Waals surface area contributed by atoms with Gasteiger partial charge in [-0.3, -0.25) is 0 Å². The van der Waals surface area contributed by atoms with Crippen LogP contribution in [0, 0.1) is 6.92 Å². The summed E-state index contributed by atoms with van der Waals surface area (Å²) < 4.78 is 0. The lowest BCUT2D eigenvalue weighted by atomic mass is 10.0. The molecular formula is C21H30N6. The summed E-state index contributed by atoms with van der Waals surface area (Å²) in [7, 11) is 0. The molecule has 1 aromatic heterocycles. The standard InChI is InChI=1S/C21H30N6/c1-16-14-20(25-21(22)24-16)27-12-8-18(9-13-27)23-15-17-6-2-3-7-19(17)26-10-4-5-11-26/h2-3,6-7,14,18,23H,4-5,8-13,15H2,1H3,(H2,22,24,25). The van der Waals surface area contributed by atoms with Crippen molar-refractivity contribution in [2.45, 2.75) is 45.2 Å². The Bertz CT molecular complexity index is 743. The van der Waals surface area contributed by atoms with Crippen LogP contribution in [-0.2, 0) is 6.54 Å². The molecule has 2 fully saturated rings. The smallest absolute Gasteiger partial charge is 0.222 e. The number of piperidine rings is 1. The number of hydrogen-bond acceptors (Lipinski definition) is 6. The number of aromatic nitrogens is 2. The lowest BCUT2D eigenvalue weighted by Gasteiger charge is -2.33. The van der Waals surface area contributed by atoms with E-state index in [0.717, 1.165) is 44.0 Å². The van der Waals surface area contributed by atoms with Crippen LogP contribution in [0.25, 0.3) is 0 Å². The Kier molecular flexibility index (Phi) is 5.43. The van der Waals surface area contributed by atoms with Crippen molar-refractivity contribution in [2.24, 2.45) is 0 Å². The van der Waals surface area contributed by atoms with Crippen molar-refractivity contribution >= 4 is 17.5 Å². The van der Waals surface area contributed by atoms with Crippen molar-refractivity contribution in [1.82, 2.24) is 15.3 Å². The van der Waals surface area contributed by atoms with E-state index in [1.165, 1.54) is 37.2 Å². The first-order valence-corrected chi connectivity index (χ1v) is 10.1. The van der Waals surface area contributed by atoms with Crippen molar-refractivity contribution in [2.75, 3.05) is 41.7 Å². The molecule has 0 aliphatic carbocycles. The Morgan fingerprint density at radius 2 is 1.78 bits per heavy atom. The maximum Gasteiger partial charge on any atom is 0.222 e. The lowest BCUT2D eigenvalue weighted by Crippen LogP contribution is -2.42. The molecule has 2 aromatic rings. The Hall–Kier alpha value is -2.34. The number of aryl methyl sites for hydroxylation is 1. The first kappa shape index (κ1) is 18.0. The summed E-state index contributed by atoms with van der Waals surface area (Å²) in [5.41, 5.74) is 9.56. The van der Waals surface area contributed by atoms with Gasteiger partial charge in [0.15, 0.2) is 0 Å². The van der Waals surface area contributed by atoms with Crippen LogP contribution in [0.1, 0.15) is 36.9 Å². The fraction of sp³-hybridized carbons (Fsp3) is 0.524. The van der Waals surface area contributed by atoms with Crippen molar-refractivity contribution < 1.29 is 0 Å². The summed E-state index contributed by atoms with van der Waals surface area (Å²) in [5, 5.41) is 3.79. The van der Waals surface area contributed by atoms with Gasteiger partial charge in [-0.05, 0) is 44.2 Å². The van der Waals surface area contributed by atoms with Gasteiger partial charge in [0.25, 0.3) is 0 Å². The van der Waals surface area contributed by atoms with Crippen LogP contribution in [0.15, 0.2) is 30.3 Å². The van der Waals surface area contributed by atoms with Crippen LogP contribution in [0.4, 0.5) is 17.5 Å². The van der Waals surface area contributed by atoms with Gasteiger partial charge in [-0.1, -0.05) is 18.2 Å². The average molecular weight is 367 g/mol. The van der Waals surface area contributed by atoms with E-state index in [9.17, 15) is 0 Å². The van der Waals surface area contributed by atoms with Gasteiger partial charge < -0.3 is 20.9 Å². The maximum absolute atomic E-state index is 5.81. The van der Waals surface area contributed by atoms with Gasteiger partial charge in [0.05, 0.1) is 0 Å². The minimum absolute atomic E-state index is 0.365. The highest BCUT2D eigenvalue weighted by Crippen LogP contribution is 2.25. The molecule has 0 atom stereocenters. The predicted octanol–water partition coefficient (Wildman–Crippen LogP) is 2.73. The molecule has 1 aromatic carbocycles. The highest BCUT2D eigenvalue weighted by Gasteiger charge is 2.21. The van der Waals surface area contributed by atoms with Crippen molar-refractivity contribution in [1.29, 1.82) is 0 Å². The molecule has 144 valence electrons. The largest absolute Gasteiger partial charge is 0.371 e. The van der Waals surface area contributed by atoms with E-state index in [4.69, 9.17) is 5.73 Å². The molecular weight excluding hydrogens is 336 g/mol. The van der Waals surface area contributed by atoms with E-state index in [0.29, 0.717) is 12.0 Å². The van der Waals surface area contributed by atoms with Crippen molar-refractivity contribution in [3.8, 4) is 0 Å². The van der Waals surface area contributed by atoms with E-state index in [-0.39, 0.29) is 0 Å². The summed E-state index contributed by atoms with van der Waals surface area (Å²) in [6.45, 7) is 7.29. The zero-order valence-corrected chi connectivity index (χ0v) is 16.2. The second-order valence-electron chi connectivity index (χ2n) is 7.69. The molecule has 0 radical (unpaired) electrons. The first-order chi connectivity index (χ1) is 13.2. The average Bonchev–Trinajstić information content (AvgIpc) is 3.21. The SMILES string of the molecule is Cc1cc(N2CCC(NCc3ccccc3N3CCCC3)CC2)nc(N)n1. The number of anilines is 3. The zero-order valence-electron chi connectivity index (χ0n) is 16.2. The van der Waals surface area contributed by atoms with Crippen LogP contribution in [-0.4, -0.2) is 42.2 Å². The van der Waals surface area contributed by atoms with E-state index in [2.05, 4.69) is 49.4 Å². The fourth-order valence-corrected chi connectivity index (χ4v) is 4.23. The van der Waals surface area contributed by atoms with Gasteiger partial charge in [-0.25, -0.2) is 4.98 Å². The van der Waals surface area contributed by atoms with Gasteiger partial charge in [0, 0.05) is 56.2 Å². The van der Waals surface area contributed by atoms with E-state index >= 15 is 0 Å². The number of nitrogens with one attached hydrogen (secondary N) is 1. The Morgan fingerprint density at radius 3 is 2.52 bits per heavy atom. The minimum Gasteiger partial charge on any atom is -0.371 e. The highest BCUT2D eigenvalue weighted by atomic mass is 15.2. The molecule has 3 heterocycles. The number of nitrogen functional groups attached to an aromatic ring is 1. The normalized spacial score (nSPS) is 18.3. The molecule has 2 aliphatic rings. The number of benzene rings is 1. The molecule has 0 unspecified atom stereocenters. The summed E-state index contributed by atoms with van der Waals surface area (Å²) in [6, 6.07) is 11.4. The van der Waals surface area contributed by atoms with Crippen molar-refractivity contribution in [3.63, 3.8) is 0 Å². The van der Waals surface area contributed by atoms with E-state index in [1.807, 2.05) is 13.0 Å². The van der Waals surface area contributed by atoms with E-state index < -0.39 is 0 Å². The topological polar surface area (TPSA) is 70.3 Å². The van der Waals surface area contributed by atoms with Crippen LogP contribution in [0.3, 0.4) is 0 Å². The third kappa shape index (κ3) is 4.33. The number of para-hydroxylation sites is 1. The second-order valence-corrected chi connectivity index (χ2v) is 7.69. The summed E-state index contributed by atoms with van der Waals surface area (Å²) >= 11 is 0. The Balaban J connectivity index is 1.32. The van der Waals surface area contributed by atoms with Crippen LogP contribution in [0.2, 0.25) is 0 Å². The number of nitrogens with two attached hydrogens (primary N) is 1. The Morgan fingerprint density at radius 1 is 1.04 bits per heavy atom. The number of hydrogen-bond donors (Lipinski definition) is 2. The summed E-state index contributed by atoms with van der Waals surface area (Å²) in [6.07, 6.45) is 4.87. The van der Waals surface area contributed by atoms with Crippen LogP contribution < -0.4 is 20.9 Å². The first-order valence-electron chi connectivity index (χ1n) is 10.1. The lowest BCUT2D eigenvalue weighted by molar-refractivity contribution is 0.412. The molecule has 6 heteroatoms. The van der Waals surface area contributed by atoms with Gasteiger partial charge in [0.1, 0.15) is 5.82 Å². The monoisotopic (exact) mass is 366 g/mol. The number of nitrogens with zero attached hydrogens (tertiary/aromatic N) is 4. The quantitative estimate of drug-likeness (QED) is 0.848. The fourth-order valence-electron chi connectivity index (χ4n) is 4.23. The summed E-state index contributed by atoms with van der Waals surface area (Å²) in [5.74, 6) is 1.32. The number of rotatable bonds is 5. The van der Waals surface area contributed by atoms with Crippen molar-refractivity contribution in [3.05, 3.63) is 41.6 Å².